The monoisotopic (exact) mass is 253 g/mol. The van der Waals surface area contributed by atoms with Crippen molar-refractivity contribution in [2.24, 2.45) is 5.73 Å². The molecule has 0 aliphatic heterocycles. The minimum atomic E-state index is -0.948. The molecule has 96 valence electrons. The highest BCUT2D eigenvalue weighted by molar-refractivity contribution is 6.00. The number of hydrogen-bond acceptors (Lipinski definition) is 5. The van der Waals surface area contributed by atoms with Gasteiger partial charge in [0.15, 0.2) is 0 Å². The van der Waals surface area contributed by atoms with Gasteiger partial charge < -0.3 is 16.2 Å². The molecule has 0 saturated heterocycles. The average Bonchev–Trinajstić information content (AvgIpc) is 2.28. The van der Waals surface area contributed by atoms with Gasteiger partial charge in [-0.1, -0.05) is 6.07 Å². The van der Waals surface area contributed by atoms with E-state index < -0.39 is 34.2 Å². The SMILES string of the molecule is CC(NC(=O)c1cccc([N+](=O)[O-])c1O)C(N)=O. The number of phenols is 1. The van der Waals surface area contributed by atoms with Gasteiger partial charge in [0.25, 0.3) is 5.91 Å². The van der Waals surface area contributed by atoms with Crippen molar-refractivity contribution < 1.29 is 19.6 Å². The topological polar surface area (TPSA) is 136 Å². The normalized spacial score (nSPS) is 11.6. The summed E-state index contributed by atoms with van der Waals surface area (Å²) in [7, 11) is 0. The number of rotatable bonds is 4. The number of nitrogens with zero attached hydrogens (tertiary/aromatic N) is 1. The number of nitrogens with two attached hydrogens (primary N) is 1. The smallest absolute Gasteiger partial charge is 0.311 e. The summed E-state index contributed by atoms with van der Waals surface area (Å²) in [5.41, 5.74) is 4.07. The molecule has 8 nitrogen and oxygen atoms in total. The number of nitrogens with one attached hydrogen (secondary N) is 1. The second-order valence-corrected chi connectivity index (χ2v) is 3.53. The van der Waals surface area contributed by atoms with Crippen molar-refractivity contribution in [1.29, 1.82) is 0 Å². The summed E-state index contributed by atoms with van der Waals surface area (Å²) in [4.78, 5) is 32.2. The standard InChI is InChI=1S/C10H11N3O5/c1-5(9(11)15)12-10(16)6-3-2-4-7(8(6)14)13(17)18/h2-5,14H,1H3,(H2,11,15)(H,12,16). The van der Waals surface area contributed by atoms with E-state index in [9.17, 15) is 24.8 Å². The molecule has 18 heavy (non-hydrogen) atoms. The Morgan fingerprint density at radius 2 is 2.11 bits per heavy atom. The van der Waals surface area contributed by atoms with Crippen LogP contribution in [0.25, 0.3) is 0 Å². The summed E-state index contributed by atoms with van der Waals surface area (Å²) >= 11 is 0. The molecule has 4 N–H and O–H groups in total. The molecule has 1 unspecified atom stereocenters. The highest BCUT2D eigenvalue weighted by atomic mass is 16.6. The molecule has 1 rings (SSSR count). The second kappa shape index (κ2) is 5.13. The van der Waals surface area contributed by atoms with Gasteiger partial charge in [-0.15, -0.1) is 0 Å². The Balaban J connectivity index is 3.04. The van der Waals surface area contributed by atoms with Crippen LogP contribution < -0.4 is 11.1 Å². The maximum absolute atomic E-state index is 11.7. The third kappa shape index (κ3) is 2.73. The van der Waals surface area contributed by atoms with Crippen LogP contribution in [-0.4, -0.2) is 27.9 Å². The molecule has 0 fully saturated rings. The molecule has 1 aromatic rings. The van der Waals surface area contributed by atoms with E-state index in [1.165, 1.54) is 19.1 Å². The fourth-order valence-electron chi connectivity index (χ4n) is 1.21. The van der Waals surface area contributed by atoms with E-state index in [4.69, 9.17) is 5.73 Å². The number of nitro groups is 1. The van der Waals surface area contributed by atoms with Crippen LogP contribution in [0, 0.1) is 10.1 Å². The van der Waals surface area contributed by atoms with Gasteiger partial charge in [-0.2, -0.15) is 0 Å². The lowest BCUT2D eigenvalue weighted by molar-refractivity contribution is -0.385. The minimum Gasteiger partial charge on any atom is -0.502 e. The molecule has 1 aromatic carbocycles. The first-order valence-electron chi connectivity index (χ1n) is 4.91. The largest absolute Gasteiger partial charge is 0.502 e. The summed E-state index contributed by atoms with van der Waals surface area (Å²) in [6, 6.07) is 2.56. The van der Waals surface area contributed by atoms with Gasteiger partial charge in [-0.25, -0.2) is 0 Å². The van der Waals surface area contributed by atoms with Gasteiger partial charge in [0.05, 0.1) is 10.5 Å². The van der Waals surface area contributed by atoms with E-state index >= 15 is 0 Å². The van der Waals surface area contributed by atoms with Crippen LogP contribution in [0.3, 0.4) is 0 Å². The van der Waals surface area contributed by atoms with Crippen molar-refractivity contribution in [2.75, 3.05) is 0 Å². The summed E-state index contributed by atoms with van der Waals surface area (Å²) in [6.45, 7) is 1.36. The number of hydrogen-bond donors (Lipinski definition) is 3. The first-order valence-corrected chi connectivity index (χ1v) is 4.91. The number of nitro benzene ring substituents is 1. The Bertz CT molecular complexity index is 514. The second-order valence-electron chi connectivity index (χ2n) is 3.53. The highest BCUT2D eigenvalue weighted by Crippen LogP contribution is 2.29. The van der Waals surface area contributed by atoms with Gasteiger partial charge in [0, 0.05) is 6.07 Å². The maximum atomic E-state index is 11.7. The Hall–Kier alpha value is -2.64. The Kier molecular flexibility index (Phi) is 3.82. The Morgan fingerprint density at radius 1 is 1.50 bits per heavy atom. The lowest BCUT2D eigenvalue weighted by Gasteiger charge is -2.10. The summed E-state index contributed by atoms with van der Waals surface area (Å²) in [6.07, 6.45) is 0. The van der Waals surface area contributed by atoms with Crippen LogP contribution in [0.15, 0.2) is 18.2 Å². The molecular weight excluding hydrogens is 242 g/mol. The molecule has 1 atom stereocenters. The van der Waals surface area contributed by atoms with E-state index in [2.05, 4.69) is 5.32 Å². The van der Waals surface area contributed by atoms with Crippen LogP contribution in [0.1, 0.15) is 17.3 Å². The first kappa shape index (κ1) is 13.4. The summed E-state index contributed by atoms with van der Waals surface area (Å²) in [5, 5.41) is 22.3. The van der Waals surface area contributed by atoms with Gasteiger partial charge >= 0.3 is 5.69 Å². The van der Waals surface area contributed by atoms with E-state index in [0.29, 0.717) is 0 Å². The molecule has 0 radical (unpaired) electrons. The van der Waals surface area contributed by atoms with E-state index in [-0.39, 0.29) is 5.56 Å². The highest BCUT2D eigenvalue weighted by Gasteiger charge is 2.22. The summed E-state index contributed by atoms with van der Waals surface area (Å²) < 4.78 is 0. The van der Waals surface area contributed by atoms with E-state index in [1.54, 1.807) is 0 Å². The van der Waals surface area contributed by atoms with Crippen molar-refractivity contribution in [2.45, 2.75) is 13.0 Å². The molecule has 0 bridgehead atoms. The van der Waals surface area contributed by atoms with E-state index in [0.717, 1.165) is 6.07 Å². The number of carbonyl (C=O) groups is 2. The zero-order chi connectivity index (χ0) is 13.9. The zero-order valence-corrected chi connectivity index (χ0v) is 9.41. The Labute approximate surface area is 102 Å². The van der Waals surface area contributed by atoms with Crippen LogP contribution >= 0.6 is 0 Å². The molecule has 2 amide bonds. The lowest BCUT2D eigenvalue weighted by Crippen LogP contribution is -2.42. The fraction of sp³-hybridized carbons (Fsp3) is 0.200. The molecule has 0 aliphatic carbocycles. The number of aromatic hydroxyl groups is 1. The van der Waals surface area contributed by atoms with Crippen LogP contribution in [0.4, 0.5) is 5.69 Å². The third-order valence-electron chi connectivity index (χ3n) is 2.23. The molecule has 8 heteroatoms. The number of primary amides is 1. The summed E-state index contributed by atoms with van der Waals surface area (Å²) in [5.74, 6) is -2.33. The van der Waals surface area contributed by atoms with Crippen LogP contribution in [0.5, 0.6) is 5.75 Å². The van der Waals surface area contributed by atoms with E-state index in [1.807, 2.05) is 0 Å². The quantitative estimate of drug-likeness (QED) is 0.508. The molecular formula is C10H11N3O5. The predicted molar refractivity (Wildman–Crippen MR) is 60.9 cm³/mol. The molecule has 0 aliphatic rings. The minimum absolute atomic E-state index is 0.294. The van der Waals surface area contributed by atoms with Gasteiger partial charge in [-0.05, 0) is 13.0 Å². The molecule has 0 saturated carbocycles. The molecule has 0 aromatic heterocycles. The number of para-hydroxylation sites is 1. The zero-order valence-electron chi connectivity index (χ0n) is 9.41. The van der Waals surface area contributed by atoms with Gasteiger partial charge in [0.2, 0.25) is 11.7 Å². The van der Waals surface area contributed by atoms with Crippen LogP contribution in [-0.2, 0) is 4.79 Å². The van der Waals surface area contributed by atoms with Crippen molar-refractivity contribution >= 4 is 17.5 Å². The van der Waals surface area contributed by atoms with Gasteiger partial charge in [0.1, 0.15) is 6.04 Å². The maximum Gasteiger partial charge on any atom is 0.311 e. The van der Waals surface area contributed by atoms with Crippen molar-refractivity contribution in [3.63, 3.8) is 0 Å². The predicted octanol–water partition coefficient (Wildman–Crippen LogP) is -0.0960. The molecule has 0 heterocycles. The van der Waals surface area contributed by atoms with Crippen molar-refractivity contribution in [3.8, 4) is 5.75 Å². The van der Waals surface area contributed by atoms with Gasteiger partial charge in [-0.3, -0.25) is 19.7 Å². The van der Waals surface area contributed by atoms with Crippen LogP contribution in [0.2, 0.25) is 0 Å². The number of amides is 2. The third-order valence-corrected chi connectivity index (χ3v) is 2.23. The number of carbonyl (C=O) groups excluding carboxylic acids is 2. The van der Waals surface area contributed by atoms with Crippen molar-refractivity contribution in [1.82, 2.24) is 5.32 Å². The average molecular weight is 253 g/mol. The fourth-order valence-corrected chi connectivity index (χ4v) is 1.21. The first-order chi connectivity index (χ1) is 8.34. The van der Waals surface area contributed by atoms with Crippen molar-refractivity contribution in [3.05, 3.63) is 33.9 Å². The molecule has 0 spiro atoms. The Morgan fingerprint density at radius 3 is 2.61 bits per heavy atom. The lowest BCUT2D eigenvalue weighted by atomic mass is 10.1. The number of phenolic OH excluding ortho intramolecular Hbond substituents is 1. The number of benzene rings is 1.